The Kier molecular flexibility index (Phi) is 5.70. The van der Waals surface area contributed by atoms with Gasteiger partial charge in [0.15, 0.2) is 5.78 Å². The number of amides is 1. The number of hydrogen-bond acceptors (Lipinski definition) is 4. The minimum atomic E-state index is -0.677. The van der Waals surface area contributed by atoms with Crippen LogP contribution in [0.2, 0.25) is 0 Å². The third-order valence-electron chi connectivity index (χ3n) is 4.77. The molecule has 0 fully saturated rings. The van der Waals surface area contributed by atoms with Gasteiger partial charge in [-0.2, -0.15) is 0 Å². The number of unbranched alkanes of at least 4 members (excludes halogenated alkanes) is 1. The van der Waals surface area contributed by atoms with Crippen molar-refractivity contribution in [1.82, 2.24) is 10.3 Å². The summed E-state index contributed by atoms with van der Waals surface area (Å²) in [6, 6.07) is -0.677. The van der Waals surface area contributed by atoms with Gasteiger partial charge in [0.2, 0.25) is 0 Å². The molecule has 1 heterocycles. The molecule has 1 aromatic rings. The number of carbonyl (C=O) groups is 3. The molecule has 25 heavy (non-hydrogen) atoms. The first-order valence-electron chi connectivity index (χ1n) is 8.83. The van der Waals surface area contributed by atoms with Gasteiger partial charge < -0.3 is 15.0 Å². The van der Waals surface area contributed by atoms with Crippen molar-refractivity contribution in [3.63, 3.8) is 0 Å². The molecule has 2 N–H and O–H groups in total. The van der Waals surface area contributed by atoms with E-state index in [-0.39, 0.29) is 17.1 Å². The van der Waals surface area contributed by atoms with Gasteiger partial charge in [-0.3, -0.25) is 9.59 Å². The molecular formula is C19H28N2O4. The zero-order valence-corrected chi connectivity index (χ0v) is 15.7. The van der Waals surface area contributed by atoms with Crippen LogP contribution in [0.25, 0.3) is 0 Å². The molecule has 2 rings (SSSR count). The standard InChI is InChI=1S/C19H28N2O4/c1-6-7-8-12(18(24)25-5)21-17(23)16-11(2)15-13(20-16)9-19(3,4)10-14(15)22/h12,20H,6-10H2,1-5H3,(H,21,23). The smallest absolute Gasteiger partial charge is 0.328 e. The van der Waals surface area contributed by atoms with Gasteiger partial charge >= 0.3 is 5.97 Å². The summed E-state index contributed by atoms with van der Waals surface area (Å²) in [5.41, 5.74) is 2.35. The first-order valence-corrected chi connectivity index (χ1v) is 8.83. The first-order chi connectivity index (χ1) is 11.7. The van der Waals surface area contributed by atoms with Crippen LogP contribution in [0.4, 0.5) is 0 Å². The minimum absolute atomic E-state index is 0.0644. The molecular weight excluding hydrogens is 320 g/mol. The van der Waals surface area contributed by atoms with Gasteiger partial charge in [0, 0.05) is 17.7 Å². The van der Waals surface area contributed by atoms with Crippen LogP contribution >= 0.6 is 0 Å². The number of esters is 1. The average molecular weight is 348 g/mol. The number of Topliss-reactive ketones (excluding diaryl/α,β-unsaturated/α-hetero) is 1. The third-order valence-corrected chi connectivity index (χ3v) is 4.77. The Morgan fingerprint density at radius 3 is 2.60 bits per heavy atom. The van der Waals surface area contributed by atoms with Gasteiger partial charge in [-0.15, -0.1) is 0 Å². The Morgan fingerprint density at radius 1 is 1.32 bits per heavy atom. The van der Waals surface area contributed by atoms with E-state index in [0.717, 1.165) is 25.0 Å². The van der Waals surface area contributed by atoms with Crippen molar-refractivity contribution in [2.75, 3.05) is 7.11 Å². The molecule has 0 radical (unpaired) electrons. The lowest BCUT2D eigenvalue weighted by molar-refractivity contribution is -0.143. The molecule has 0 saturated carbocycles. The zero-order valence-electron chi connectivity index (χ0n) is 15.7. The van der Waals surface area contributed by atoms with Crippen LogP contribution in [0.1, 0.15) is 78.6 Å². The molecule has 1 unspecified atom stereocenters. The van der Waals surface area contributed by atoms with E-state index in [1.165, 1.54) is 7.11 Å². The lowest BCUT2D eigenvalue weighted by Gasteiger charge is -2.28. The fourth-order valence-electron chi connectivity index (χ4n) is 3.49. The van der Waals surface area contributed by atoms with E-state index in [4.69, 9.17) is 4.74 Å². The molecule has 1 amide bonds. The van der Waals surface area contributed by atoms with E-state index in [9.17, 15) is 14.4 Å². The number of hydrogen-bond donors (Lipinski definition) is 2. The van der Waals surface area contributed by atoms with Crippen LogP contribution in [-0.4, -0.2) is 35.8 Å². The topological polar surface area (TPSA) is 88.3 Å². The summed E-state index contributed by atoms with van der Waals surface area (Å²) in [6.07, 6.45) is 3.45. The molecule has 6 heteroatoms. The minimum Gasteiger partial charge on any atom is -0.467 e. The molecule has 0 saturated heterocycles. The number of H-pyrrole nitrogens is 1. The number of carbonyl (C=O) groups excluding carboxylic acids is 3. The van der Waals surface area contributed by atoms with E-state index in [1.807, 2.05) is 20.8 Å². The van der Waals surface area contributed by atoms with Crippen LogP contribution < -0.4 is 5.32 Å². The normalized spacial score (nSPS) is 16.9. The molecule has 1 atom stereocenters. The maximum Gasteiger partial charge on any atom is 0.328 e. The van der Waals surface area contributed by atoms with Crippen LogP contribution in [-0.2, 0) is 16.0 Å². The lowest BCUT2D eigenvalue weighted by atomic mass is 9.75. The van der Waals surface area contributed by atoms with Crippen molar-refractivity contribution in [1.29, 1.82) is 0 Å². The summed E-state index contributed by atoms with van der Waals surface area (Å²) < 4.78 is 4.78. The van der Waals surface area contributed by atoms with Crippen molar-refractivity contribution in [2.45, 2.75) is 65.8 Å². The van der Waals surface area contributed by atoms with Gasteiger partial charge in [-0.25, -0.2) is 4.79 Å². The zero-order chi connectivity index (χ0) is 18.8. The number of aromatic nitrogens is 1. The highest BCUT2D eigenvalue weighted by molar-refractivity contribution is 6.05. The predicted octanol–water partition coefficient (Wildman–Crippen LogP) is 2.94. The number of rotatable bonds is 6. The summed E-state index contributed by atoms with van der Waals surface area (Å²) in [5, 5.41) is 2.75. The number of ketones is 1. The van der Waals surface area contributed by atoms with Crippen molar-refractivity contribution < 1.29 is 19.1 Å². The lowest BCUT2D eigenvalue weighted by Crippen LogP contribution is -2.41. The van der Waals surface area contributed by atoms with Crippen molar-refractivity contribution in [3.8, 4) is 0 Å². The SMILES string of the molecule is CCCCC(NC(=O)c1[nH]c2c(c1C)C(=O)CC(C)(C)C2)C(=O)OC. The summed E-state index contributed by atoms with van der Waals surface area (Å²) >= 11 is 0. The Morgan fingerprint density at radius 2 is 2.00 bits per heavy atom. The summed E-state index contributed by atoms with van der Waals surface area (Å²) in [5.74, 6) is -0.758. The molecule has 0 bridgehead atoms. The molecule has 0 aromatic carbocycles. The highest BCUT2D eigenvalue weighted by Gasteiger charge is 2.35. The fourth-order valence-corrected chi connectivity index (χ4v) is 3.49. The van der Waals surface area contributed by atoms with E-state index < -0.39 is 12.0 Å². The number of ether oxygens (including phenoxy) is 1. The Hall–Kier alpha value is -2.11. The predicted molar refractivity (Wildman–Crippen MR) is 94.8 cm³/mol. The van der Waals surface area contributed by atoms with Gasteiger partial charge in [-0.1, -0.05) is 33.6 Å². The van der Waals surface area contributed by atoms with Crippen molar-refractivity contribution in [2.24, 2.45) is 5.41 Å². The number of nitrogens with one attached hydrogen (secondary N) is 2. The van der Waals surface area contributed by atoms with Crippen molar-refractivity contribution >= 4 is 17.7 Å². The second-order valence-corrected chi connectivity index (χ2v) is 7.61. The van der Waals surface area contributed by atoms with Crippen molar-refractivity contribution in [3.05, 3.63) is 22.5 Å². The molecule has 1 aromatic heterocycles. The van der Waals surface area contributed by atoms with Crippen LogP contribution in [0.3, 0.4) is 0 Å². The summed E-state index contributed by atoms with van der Waals surface area (Å²) in [7, 11) is 1.31. The summed E-state index contributed by atoms with van der Waals surface area (Å²) in [4.78, 5) is 40.2. The first kappa shape index (κ1) is 19.2. The second kappa shape index (κ2) is 7.42. The van der Waals surface area contributed by atoms with E-state index in [1.54, 1.807) is 6.92 Å². The summed E-state index contributed by atoms with van der Waals surface area (Å²) in [6.45, 7) is 7.88. The van der Waals surface area contributed by atoms with Gasteiger partial charge in [0.05, 0.1) is 7.11 Å². The maximum atomic E-state index is 12.7. The second-order valence-electron chi connectivity index (χ2n) is 7.61. The monoisotopic (exact) mass is 348 g/mol. The molecule has 1 aliphatic carbocycles. The Bertz CT molecular complexity index is 688. The largest absolute Gasteiger partial charge is 0.467 e. The molecule has 6 nitrogen and oxygen atoms in total. The van der Waals surface area contributed by atoms with Gasteiger partial charge in [0.1, 0.15) is 11.7 Å². The number of methoxy groups -OCH3 is 1. The van der Waals surface area contributed by atoms with Gasteiger partial charge in [0.25, 0.3) is 5.91 Å². The molecule has 0 aliphatic heterocycles. The van der Waals surface area contributed by atoms with Crippen LogP contribution in [0.15, 0.2) is 0 Å². The highest BCUT2D eigenvalue weighted by atomic mass is 16.5. The number of fused-ring (bicyclic) bond motifs is 1. The van der Waals surface area contributed by atoms with E-state index in [2.05, 4.69) is 10.3 Å². The average Bonchev–Trinajstić information content (AvgIpc) is 2.85. The third kappa shape index (κ3) is 4.11. The van der Waals surface area contributed by atoms with Crippen LogP contribution in [0, 0.1) is 12.3 Å². The molecule has 138 valence electrons. The Labute approximate surface area is 148 Å². The fraction of sp³-hybridized carbons (Fsp3) is 0.632. The van der Waals surface area contributed by atoms with E-state index in [0.29, 0.717) is 29.7 Å². The van der Waals surface area contributed by atoms with Crippen LogP contribution in [0.5, 0.6) is 0 Å². The van der Waals surface area contributed by atoms with Gasteiger partial charge in [-0.05, 0) is 30.7 Å². The molecule has 1 aliphatic rings. The molecule has 0 spiro atoms. The highest BCUT2D eigenvalue weighted by Crippen LogP contribution is 2.36. The number of aromatic amines is 1. The van der Waals surface area contributed by atoms with E-state index >= 15 is 0 Å². The quantitative estimate of drug-likeness (QED) is 0.774. The maximum absolute atomic E-state index is 12.7. The Balaban J connectivity index is 2.25.